The maximum Gasteiger partial charge on any atom is 0.318 e. The number of nitrogens with one attached hydrogen (secondary N) is 2. The van der Waals surface area contributed by atoms with Crippen LogP contribution in [0.3, 0.4) is 0 Å². The average Bonchev–Trinajstić information content (AvgIpc) is 2.47. The summed E-state index contributed by atoms with van der Waals surface area (Å²) in [4.78, 5) is 11.4. The largest absolute Gasteiger partial charge is 0.467 e. The zero-order chi connectivity index (χ0) is 12.4. The van der Waals surface area contributed by atoms with Crippen LogP contribution in [0.15, 0.2) is 0 Å². The first kappa shape index (κ1) is 11.7. The molecule has 0 atom stereocenters. The van der Waals surface area contributed by atoms with Gasteiger partial charge in [-0.3, -0.25) is 0 Å². The van der Waals surface area contributed by atoms with Crippen molar-refractivity contribution in [3.63, 3.8) is 0 Å². The monoisotopic (exact) mass is 249 g/mol. The highest BCUT2D eigenvalue weighted by Crippen LogP contribution is 2.26. The first-order valence-corrected chi connectivity index (χ1v) is 6.48. The molecule has 98 valence electrons. The summed E-state index contributed by atoms with van der Waals surface area (Å²) in [7, 11) is 1.62. The standard InChI is InChI=1S/C12H19N5O/c1-18-12-15-10-8-14-3-2-9(10)11(16-12)17-6-4-13-5-7-17/h13-14H,2-8H2,1H3. The topological polar surface area (TPSA) is 62.3 Å². The fourth-order valence-electron chi connectivity index (χ4n) is 2.55. The van der Waals surface area contributed by atoms with Gasteiger partial charge in [0.05, 0.1) is 12.8 Å². The molecule has 3 rings (SSSR count). The average molecular weight is 249 g/mol. The number of rotatable bonds is 2. The van der Waals surface area contributed by atoms with Crippen LogP contribution < -0.4 is 20.3 Å². The second-order valence-corrected chi connectivity index (χ2v) is 4.62. The number of aromatic nitrogens is 2. The maximum absolute atomic E-state index is 5.22. The lowest BCUT2D eigenvalue weighted by atomic mass is 10.1. The predicted molar refractivity (Wildman–Crippen MR) is 69.1 cm³/mol. The van der Waals surface area contributed by atoms with Crippen molar-refractivity contribution in [2.75, 3.05) is 44.7 Å². The van der Waals surface area contributed by atoms with Crippen molar-refractivity contribution in [1.29, 1.82) is 0 Å². The van der Waals surface area contributed by atoms with Crippen molar-refractivity contribution < 1.29 is 4.74 Å². The molecule has 0 amide bonds. The van der Waals surface area contributed by atoms with Crippen LogP contribution in [0.2, 0.25) is 0 Å². The molecule has 2 aliphatic rings. The van der Waals surface area contributed by atoms with E-state index in [2.05, 4.69) is 25.5 Å². The lowest BCUT2D eigenvalue weighted by Gasteiger charge is -2.31. The zero-order valence-corrected chi connectivity index (χ0v) is 10.7. The van der Waals surface area contributed by atoms with Crippen LogP contribution in [0.5, 0.6) is 6.01 Å². The number of fused-ring (bicyclic) bond motifs is 1. The molecule has 0 aliphatic carbocycles. The van der Waals surface area contributed by atoms with Gasteiger partial charge in [0.1, 0.15) is 5.82 Å². The van der Waals surface area contributed by atoms with E-state index in [1.807, 2.05) is 0 Å². The minimum absolute atomic E-state index is 0.478. The van der Waals surface area contributed by atoms with E-state index < -0.39 is 0 Å². The van der Waals surface area contributed by atoms with Gasteiger partial charge in [-0.05, 0) is 13.0 Å². The second kappa shape index (κ2) is 5.07. The highest BCUT2D eigenvalue weighted by Gasteiger charge is 2.22. The molecule has 2 aliphatic heterocycles. The van der Waals surface area contributed by atoms with Gasteiger partial charge in [-0.1, -0.05) is 0 Å². The molecule has 2 N–H and O–H groups in total. The fourth-order valence-corrected chi connectivity index (χ4v) is 2.55. The van der Waals surface area contributed by atoms with Gasteiger partial charge in [0, 0.05) is 38.3 Å². The Kier molecular flexibility index (Phi) is 3.29. The van der Waals surface area contributed by atoms with Crippen molar-refractivity contribution >= 4 is 5.82 Å². The third-order valence-electron chi connectivity index (χ3n) is 3.49. The van der Waals surface area contributed by atoms with Crippen LogP contribution in [-0.2, 0) is 13.0 Å². The number of piperazine rings is 1. The molecule has 0 bridgehead atoms. The Balaban J connectivity index is 1.99. The van der Waals surface area contributed by atoms with Crippen LogP contribution in [0.1, 0.15) is 11.3 Å². The van der Waals surface area contributed by atoms with E-state index in [0.29, 0.717) is 6.01 Å². The summed E-state index contributed by atoms with van der Waals surface area (Å²) in [6.07, 6.45) is 0.999. The van der Waals surface area contributed by atoms with E-state index in [1.165, 1.54) is 5.56 Å². The Morgan fingerprint density at radius 2 is 1.94 bits per heavy atom. The van der Waals surface area contributed by atoms with E-state index in [0.717, 1.165) is 57.2 Å². The van der Waals surface area contributed by atoms with Crippen LogP contribution in [0.25, 0.3) is 0 Å². The SMILES string of the molecule is COc1nc2c(c(N3CCNCC3)n1)CCNC2. The van der Waals surface area contributed by atoms with Crippen LogP contribution in [0, 0.1) is 0 Å². The Hall–Kier alpha value is -1.40. The summed E-state index contributed by atoms with van der Waals surface area (Å²) >= 11 is 0. The molecule has 18 heavy (non-hydrogen) atoms. The van der Waals surface area contributed by atoms with Gasteiger partial charge >= 0.3 is 6.01 Å². The molecule has 3 heterocycles. The molecule has 0 aromatic carbocycles. The third-order valence-corrected chi connectivity index (χ3v) is 3.49. The minimum Gasteiger partial charge on any atom is -0.467 e. The lowest BCUT2D eigenvalue weighted by molar-refractivity contribution is 0.375. The Morgan fingerprint density at radius 1 is 1.11 bits per heavy atom. The number of ether oxygens (including phenoxy) is 1. The van der Waals surface area contributed by atoms with Crippen LogP contribution >= 0.6 is 0 Å². The normalized spacial score (nSPS) is 19.5. The number of hydrogen-bond donors (Lipinski definition) is 2. The molecule has 0 radical (unpaired) electrons. The summed E-state index contributed by atoms with van der Waals surface area (Å²) < 4.78 is 5.22. The van der Waals surface area contributed by atoms with Gasteiger partial charge in [-0.25, -0.2) is 0 Å². The number of nitrogens with zero attached hydrogens (tertiary/aromatic N) is 3. The molecule has 1 fully saturated rings. The molecule has 0 unspecified atom stereocenters. The predicted octanol–water partition coefficient (Wildman–Crippen LogP) is -0.459. The van der Waals surface area contributed by atoms with Crippen molar-refractivity contribution in [1.82, 2.24) is 20.6 Å². The summed E-state index contributed by atoms with van der Waals surface area (Å²) in [6.45, 7) is 5.84. The van der Waals surface area contributed by atoms with Gasteiger partial charge in [-0.2, -0.15) is 9.97 Å². The molecule has 1 aromatic heterocycles. The highest BCUT2D eigenvalue weighted by molar-refractivity contribution is 5.51. The minimum atomic E-state index is 0.478. The Bertz CT molecular complexity index is 431. The molecule has 6 nitrogen and oxygen atoms in total. The first-order chi connectivity index (χ1) is 8.88. The van der Waals surface area contributed by atoms with Crippen molar-refractivity contribution in [2.24, 2.45) is 0 Å². The molecular formula is C12H19N5O. The molecule has 0 spiro atoms. The third kappa shape index (κ3) is 2.13. The van der Waals surface area contributed by atoms with Gasteiger partial charge in [0.2, 0.25) is 0 Å². The Labute approximate surface area is 107 Å². The number of methoxy groups -OCH3 is 1. The summed E-state index contributed by atoms with van der Waals surface area (Å²) in [5.74, 6) is 1.07. The first-order valence-electron chi connectivity index (χ1n) is 6.48. The van der Waals surface area contributed by atoms with E-state index in [1.54, 1.807) is 7.11 Å². The van der Waals surface area contributed by atoms with E-state index >= 15 is 0 Å². The van der Waals surface area contributed by atoms with Crippen LogP contribution in [-0.4, -0.2) is 49.8 Å². The molecule has 1 saturated heterocycles. The van der Waals surface area contributed by atoms with Crippen LogP contribution in [0.4, 0.5) is 5.82 Å². The molecule has 1 aromatic rings. The van der Waals surface area contributed by atoms with Gasteiger partial charge < -0.3 is 20.3 Å². The molecular weight excluding hydrogens is 230 g/mol. The Morgan fingerprint density at radius 3 is 2.72 bits per heavy atom. The fraction of sp³-hybridized carbons (Fsp3) is 0.667. The molecule has 6 heteroatoms. The number of anilines is 1. The zero-order valence-electron chi connectivity index (χ0n) is 10.7. The van der Waals surface area contributed by atoms with Crippen molar-refractivity contribution in [3.8, 4) is 6.01 Å². The van der Waals surface area contributed by atoms with Crippen molar-refractivity contribution in [2.45, 2.75) is 13.0 Å². The summed E-state index contributed by atoms with van der Waals surface area (Å²) in [6, 6.07) is 0.478. The van der Waals surface area contributed by atoms with E-state index in [-0.39, 0.29) is 0 Å². The van der Waals surface area contributed by atoms with E-state index in [4.69, 9.17) is 4.74 Å². The van der Waals surface area contributed by atoms with E-state index in [9.17, 15) is 0 Å². The summed E-state index contributed by atoms with van der Waals surface area (Å²) in [5, 5.41) is 6.71. The maximum atomic E-state index is 5.22. The lowest BCUT2D eigenvalue weighted by Crippen LogP contribution is -2.45. The van der Waals surface area contributed by atoms with Gasteiger partial charge in [0.25, 0.3) is 0 Å². The number of hydrogen-bond acceptors (Lipinski definition) is 6. The quantitative estimate of drug-likeness (QED) is 0.739. The van der Waals surface area contributed by atoms with Crippen molar-refractivity contribution in [3.05, 3.63) is 11.3 Å². The van der Waals surface area contributed by atoms with Gasteiger partial charge in [0.15, 0.2) is 0 Å². The smallest absolute Gasteiger partial charge is 0.318 e. The molecule has 0 saturated carbocycles. The highest BCUT2D eigenvalue weighted by atomic mass is 16.5. The summed E-state index contributed by atoms with van der Waals surface area (Å²) in [5.41, 5.74) is 2.37. The van der Waals surface area contributed by atoms with Gasteiger partial charge in [-0.15, -0.1) is 0 Å². The second-order valence-electron chi connectivity index (χ2n) is 4.62.